The summed E-state index contributed by atoms with van der Waals surface area (Å²) in [6.07, 6.45) is 0. The number of amides is 1. The third kappa shape index (κ3) is 4.85. The number of sulfonamides is 1. The summed E-state index contributed by atoms with van der Waals surface area (Å²) in [7, 11) is -4.14. The molecule has 0 aliphatic carbocycles. The van der Waals surface area contributed by atoms with Crippen molar-refractivity contribution in [1.29, 1.82) is 0 Å². The molecule has 3 rings (SSSR count). The average molecular weight is 504 g/mol. The summed E-state index contributed by atoms with van der Waals surface area (Å²) in [5.74, 6) is -0.666. The third-order valence-corrected chi connectivity index (χ3v) is 7.26. The minimum absolute atomic E-state index is 0.00208. The summed E-state index contributed by atoms with van der Waals surface area (Å²) >= 11 is 24.5. The van der Waals surface area contributed by atoms with Crippen molar-refractivity contribution in [1.82, 2.24) is 0 Å². The Labute approximate surface area is 194 Å². The van der Waals surface area contributed by atoms with Gasteiger partial charge in [-0.2, -0.15) is 0 Å². The van der Waals surface area contributed by atoms with Crippen LogP contribution in [0, 0.1) is 0 Å². The molecule has 0 aromatic heterocycles. The van der Waals surface area contributed by atoms with Crippen LogP contribution < -0.4 is 9.62 Å². The summed E-state index contributed by atoms with van der Waals surface area (Å²) in [6.45, 7) is -0.584. The number of anilines is 2. The zero-order valence-electron chi connectivity index (χ0n) is 15.2. The van der Waals surface area contributed by atoms with Gasteiger partial charge in [0.2, 0.25) is 5.91 Å². The first-order valence-electron chi connectivity index (χ1n) is 8.47. The Kier molecular flexibility index (Phi) is 7.16. The Balaban J connectivity index is 2.02. The molecule has 1 N–H and O–H groups in total. The molecule has 1 amide bonds. The van der Waals surface area contributed by atoms with Crippen LogP contribution in [0.1, 0.15) is 0 Å². The van der Waals surface area contributed by atoms with Gasteiger partial charge in [-0.15, -0.1) is 0 Å². The fourth-order valence-electron chi connectivity index (χ4n) is 2.63. The molecule has 30 heavy (non-hydrogen) atoms. The van der Waals surface area contributed by atoms with Crippen LogP contribution in [-0.4, -0.2) is 20.9 Å². The van der Waals surface area contributed by atoms with E-state index in [0.29, 0.717) is 0 Å². The van der Waals surface area contributed by atoms with E-state index < -0.39 is 22.5 Å². The van der Waals surface area contributed by atoms with Crippen molar-refractivity contribution in [3.05, 3.63) is 86.8 Å². The summed E-state index contributed by atoms with van der Waals surface area (Å²) in [4.78, 5) is 12.8. The predicted octanol–water partition coefficient (Wildman–Crippen LogP) is 6.13. The molecule has 5 nitrogen and oxygen atoms in total. The van der Waals surface area contributed by atoms with Crippen LogP contribution in [0.3, 0.4) is 0 Å². The van der Waals surface area contributed by atoms with Gasteiger partial charge in [0.15, 0.2) is 0 Å². The molecule has 0 spiro atoms. The summed E-state index contributed by atoms with van der Waals surface area (Å²) < 4.78 is 27.5. The Morgan fingerprint density at radius 2 is 1.37 bits per heavy atom. The number of para-hydroxylation sites is 1. The van der Waals surface area contributed by atoms with E-state index in [9.17, 15) is 13.2 Å². The van der Waals surface area contributed by atoms with Gasteiger partial charge in [-0.3, -0.25) is 9.10 Å². The van der Waals surface area contributed by atoms with Crippen LogP contribution in [0.4, 0.5) is 11.4 Å². The number of carbonyl (C=O) groups excluding carboxylic acids is 1. The highest BCUT2D eigenvalue weighted by Gasteiger charge is 2.29. The van der Waals surface area contributed by atoms with Crippen molar-refractivity contribution in [2.45, 2.75) is 4.90 Å². The lowest BCUT2D eigenvalue weighted by molar-refractivity contribution is -0.114. The fourth-order valence-corrected chi connectivity index (χ4v) is 5.02. The van der Waals surface area contributed by atoms with E-state index in [4.69, 9.17) is 46.4 Å². The monoisotopic (exact) mass is 502 g/mol. The Hall–Kier alpha value is -1.96. The first-order chi connectivity index (χ1) is 14.2. The quantitative estimate of drug-likeness (QED) is 0.439. The topological polar surface area (TPSA) is 66.5 Å². The van der Waals surface area contributed by atoms with Crippen molar-refractivity contribution in [2.24, 2.45) is 0 Å². The molecule has 0 heterocycles. The number of rotatable bonds is 6. The lowest BCUT2D eigenvalue weighted by atomic mass is 10.3. The largest absolute Gasteiger partial charge is 0.322 e. The van der Waals surface area contributed by atoms with E-state index in [1.54, 1.807) is 42.5 Å². The first kappa shape index (κ1) is 22.7. The van der Waals surface area contributed by atoms with Crippen LogP contribution in [0.2, 0.25) is 20.1 Å². The van der Waals surface area contributed by atoms with Gasteiger partial charge in [-0.1, -0.05) is 76.7 Å². The molecule has 0 unspecified atom stereocenters. The zero-order chi connectivity index (χ0) is 21.9. The highest BCUT2D eigenvalue weighted by molar-refractivity contribution is 7.92. The van der Waals surface area contributed by atoms with Crippen molar-refractivity contribution in [3.8, 4) is 0 Å². The minimum atomic E-state index is -4.14. The SMILES string of the molecule is O=C(CN(c1cccc(Cl)c1Cl)S(=O)(=O)c1ccccc1)Nc1c(Cl)cccc1Cl. The van der Waals surface area contributed by atoms with Gasteiger partial charge in [0.05, 0.1) is 36.4 Å². The maximum Gasteiger partial charge on any atom is 0.264 e. The number of nitrogens with zero attached hydrogens (tertiary/aromatic N) is 1. The molecule has 0 aliphatic rings. The third-order valence-electron chi connectivity index (χ3n) is 4.05. The van der Waals surface area contributed by atoms with E-state index in [1.807, 2.05) is 0 Å². The average Bonchev–Trinajstić information content (AvgIpc) is 2.72. The molecular formula is C20H14Cl4N2O3S. The van der Waals surface area contributed by atoms with Crippen LogP contribution in [0.15, 0.2) is 71.6 Å². The van der Waals surface area contributed by atoms with E-state index >= 15 is 0 Å². The molecule has 10 heteroatoms. The van der Waals surface area contributed by atoms with E-state index in [0.717, 1.165) is 4.31 Å². The second-order valence-electron chi connectivity index (χ2n) is 6.04. The number of hydrogen-bond acceptors (Lipinski definition) is 3. The van der Waals surface area contributed by atoms with Crippen molar-refractivity contribution >= 4 is 73.7 Å². The Morgan fingerprint density at radius 3 is 2.00 bits per heavy atom. The van der Waals surface area contributed by atoms with Gasteiger partial charge < -0.3 is 5.32 Å². The number of nitrogens with one attached hydrogen (secondary N) is 1. The molecule has 0 saturated carbocycles. The van der Waals surface area contributed by atoms with E-state index in [2.05, 4.69) is 5.32 Å². The molecule has 0 aliphatic heterocycles. The van der Waals surface area contributed by atoms with E-state index in [-0.39, 0.29) is 36.4 Å². The molecule has 0 radical (unpaired) electrons. The maximum atomic E-state index is 13.3. The second kappa shape index (κ2) is 9.45. The molecule has 3 aromatic carbocycles. The van der Waals surface area contributed by atoms with Crippen LogP contribution >= 0.6 is 46.4 Å². The molecule has 0 atom stereocenters. The van der Waals surface area contributed by atoms with Gasteiger partial charge in [-0.05, 0) is 36.4 Å². The van der Waals surface area contributed by atoms with Crippen molar-refractivity contribution in [2.75, 3.05) is 16.2 Å². The zero-order valence-corrected chi connectivity index (χ0v) is 19.0. The molecular weight excluding hydrogens is 490 g/mol. The smallest absolute Gasteiger partial charge is 0.264 e. The number of halogens is 4. The minimum Gasteiger partial charge on any atom is -0.322 e. The molecule has 0 bridgehead atoms. The second-order valence-corrected chi connectivity index (χ2v) is 9.50. The maximum absolute atomic E-state index is 13.3. The van der Waals surface area contributed by atoms with E-state index in [1.165, 1.54) is 24.3 Å². The summed E-state index contributed by atoms with van der Waals surface area (Å²) in [5, 5.41) is 3.14. The Morgan fingerprint density at radius 1 is 0.800 bits per heavy atom. The number of benzene rings is 3. The lowest BCUT2D eigenvalue weighted by Gasteiger charge is -2.25. The highest BCUT2D eigenvalue weighted by Crippen LogP contribution is 2.36. The predicted molar refractivity (Wildman–Crippen MR) is 123 cm³/mol. The molecule has 0 saturated heterocycles. The van der Waals surface area contributed by atoms with Crippen molar-refractivity contribution < 1.29 is 13.2 Å². The standard InChI is InChI=1S/C20H14Cl4N2O3S/c21-14-8-5-11-17(19(14)24)26(30(28,29)13-6-2-1-3-7-13)12-18(27)25-20-15(22)9-4-10-16(20)23/h1-11H,12H2,(H,25,27). The molecule has 0 fully saturated rings. The van der Waals surface area contributed by atoms with Crippen LogP contribution in [0.5, 0.6) is 0 Å². The van der Waals surface area contributed by atoms with Crippen molar-refractivity contribution in [3.63, 3.8) is 0 Å². The van der Waals surface area contributed by atoms with Gasteiger partial charge >= 0.3 is 0 Å². The highest BCUT2D eigenvalue weighted by atomic mass is 35.5. The van der Waals surface area contributed by atoms with Gasteiger partial charge in [0.25, 0.3) is 10.0 Å². The molecule has 3 aromatic rings. The van der Waals surface area contributed by atoms with Crippen LogP contribution in [-0.2, 0) is 14.8 Å². The number of carbonyl (C=O) groups is 1. The first-order valence-corrected chi connectivity index (χ1v) is 11.4. The fraction of sp³-hybridized carbons (Fsp3) is 0.0500. The van der Waals surface area contributed by atoms with Gasteiger partial charge in [-0.25, -0.2) is 8.42 Å². The summed E-state index contributed by atoms with van der Waals surface area (Å²) in [6, 6.07) is 16.9. The van der Waals surface area contributed by atoms with Gasteiger partial charge in [0.1, 0.15) is 6.54 Å². The lowest BCUT2D eigenvalue weighted by Crippen LogP contribution is -2.38. The molecule has 156 valence electrons. The normalized spacial score (nSPS) is 11.2. The summed E-state index contributed by atoms with van der Waals surface area (Å²) in [5.41, 5.74) is 0.244. The van der Waals surface area contributed by atoms with Crippen LogP contribution in [0.25, 0.3) is 0 Å². The number of hydrogen-bond donors (Lipinski definition) is 1. The Bertz CT molecular complexity index is 1170. The van der Waals surface area contributed by atoms with Gasteiger partial charge in [0, 0.05) is 0 Å².